The minimum atomic E-state index is -0.889. The Morgan fingerprint density at radius 2 is 1.94 bits per heavy atom. The molecule has 0 saturated heterocycles. The summed E-state index contributed by atoms with van der Waals surface area (Å²) in [4.78, 5) is 10.6. The van der Waals surface area contributed by atoms with Gasteiger partial charge in [-0.2, -0.15) is 0 Å². The smallest absolute Gasteiger partial charge is 0.305 e. The van der Waals surface area contributed by atoms with Gasteiger partial charge in [-0.05, 0) is 30.0 Å². The molecule has 100 valence electrons. The van der Waals surface area contributed by atoms with Crippen molar-refractivity contribution in [2.45, 2.75) is 32.7 Å². The predicted octanol–water partition coefficient (Wildman–Crippen LogP) is 2.59. The maximum Gasteiger partial charge on any atom is 0.305 e. The van der Waals surface area contributed by atoms with Crippen molar-refractivity contribution in [3.8, 4) is 5.75 Å². The lowest BCUT2D eigenvalue weighted by atomic mass is 10.0. The molecule has 0 spiro atoms. The second kappa shape index (κ2) is 7.01. The average molecular weight is 251 g/mol. The van der Waals surface area contributed by atoms with Gasteiger partial charge in [-0.15, -0.1) is 0 Å². The van der Waals surface area contributed by atoms with Crippen molar-refractivity contribution in [1.29, 1.82) is 0 Å². The highest BCUT2D eigenvalue weighted by Crippen LogP contribution is 2.19. The minimum absolute atomic E-state index is 0.0620. The summed E-state index contributed by atoms with van der Waals surface area (Å²) in [5, 5.41) is 8.66. The van der Waals surface area contributed by atoms with Crippen LogP contribution in [0.2, 0.25) is 0 Å². The minimum Gasteiger partial charge on any atom is -0.494 e. The van der Waals surface area contributed by atoms with Crippen LogP contribution in [0.4, 0.5) is 0 Å². The number of rotatable bonds is 7. The van der Waals surface area contributed by atoms with Crippen LogP contribution in [0.25, 0.3) is 0 Å². The van der Waals surface area contributed by atoms with Gasteiger partial charge in [0.15, 0.2) is 0 Å². The van der Waals surface area contributed by atoms with Crippen molar-refractivity contribution < 1.29 is 14.6 Å². The number of hydrogen-bond acceptors (Lipinski definition) is 3. The van der Waals surface area contributed by atoms with Crippen molar-refractivity contribution >= 4 is 5.97 Å². The Kier molecular flexibility index (Phi) is 5.65. The number of carboxylic acids is 1. The molecule has 1 aromatic carbocycles. The zero-order valence-electron chi connectivity index (χ0n) is 10.9. The molecule has 0 fully saturated rings. The van der Waals surface area contributed by atoms with Gasteiger partial charge < -0.3 is 15.6 Å². The van der Waals surface area contributed by atoms with Crippen molar-refractivity contribution in [2.75, 3.05) is 6.61 Å². The third-order valence-electron chi connectivity index (χ3n) is 2.67. The predicted molar refractivity (Wildman–Crippen MR) is 70.6 cm³/mol. The number of ether oxygens (including phenoxy) is 1. The van der Waals surface area contributed by atoms with Crippen molar-refractivity contribution in [1.82, 2.24) is 0 Å². The van der Waals surface area contributed by atoms with Crippen LogP contribution < -0.4 is 10.5 Å². The molecule has 0 aliphatic rings. The first-order chi connectivity index (χ1) is 8.49. The Morgan fingerprint density at radius 1 is 1.33 bits per heavy atom. The van der Waals surface area contributed by atoms with Crippen LogP contribution in [0.15, 0.2) is 24.3 Å². The van der Waals surface area contributed by atoms with Crippen LogP contribution in [0, 0.1) is 5.92 Å². The molecule has 0 saturated carbocycles. The van der Waals surface area contributed by atoms with Gasteiger partial charge in [-0.3, -0.25) is 4.79 Å². The van der Waals surface area contributed by atoms with Crippen LogP contribution in [-0.2, 0) is 4.79 Å². The number of aliphatic carboxylic acids is 1. The van der Waals surface area contributed by atoms with E-state index in [0.717, 1.165) is 17.7 Å². The topological polar surface area (TPSA) is 72.5 Å². The van der Waals surface area contributed by atoms with Gasteiger partial charge in [0.1, 0.15) is 5.75 Å². The lowest BCUT2D eigenvalue weighted by Crippen LogP contribution is -2.14. The zero-order chi connectivity index (χ0) is 13.5. The van der Waals surface area contributed by atoms with Crippen LogP contribution in [0.1, 0.15) is 38.3 Å². The molecule has 0 aliphatic carbocycles. The second-order valence-corrected chi connectivity index (χ2v) is 4.80. The highest BCUT2D eigenvalue weighted by Gasteiger charge is 2.10. The summed E-state index contributed by atoms with van der Waals surface area (Å²) >= 11 is 0. The van der Waals surface area contributed by atoms with E-state index in [1.165, 1.54) is 0 Å². The molecule has 3 N–H and O–H groups in total. The third-order valence-corrected chi connectivity index (χ3v) is 2.67. The summed E-state index contributed by atoms with van der Waals surface area (Å²) in [6.07, 6.45) is 0.952. The first kappa shape index (κ1) is 14.5. The summed E-state index contributed by atoms with van der Waals surface area (Å²) in [5.74, 6) is 0.523. The van der Waals surface area contributed by atoms with E-state index in [4.69, 9.17) is 15.6 Å². The van der Waals surface area contributed by atoms with Crippen molar-refractivity contribution in [2.24, 2.45) is 11.7 Å². The van der Waals surface area contributed by atoms with E-state index in [1.807, 2.05) is 24.3 Å². The molecule has 0 heterocycles. The van der Waals surface area contributed by atoms with Gasteiger partial charge in [-0.25, -0.2) is 0 Å². The first-order valence-electron chi connectivity index (χ1n) is 6.19. The Morgan fingerprint density at radius 3 is 2.44 bits per heavy atom. The molecule has 0 radical (unpaired) electrons. The summed E-state index contributed by atoms with van der Waals surface area (Å²) < 4.78 is 5.58. The van der Waals surface area contributed by atoms with Gasteiger partial charge >= 0.3 is 5.97 Å². The van der Waals surface area contributed by atoms with Crippen LogP contribution >= 0.6 is 0 Å². The summed E-state index contributed by atoms with van der Waals surface area (Å²) in [6.45, 7) is 4.99. The molecule has 0 aromatic heterocycles. The monoisotopic (exact) mass is 251 g/mol. The maximum atomic E-state index is 10.6. The number of hydrogen-bond donors (Lipinski definition) is 2. The second-order valence-electron chi connectivity index (χ2n) is 4.80. The molecule has 0 bridgehead atoms. The summed E-state index contributed by atoms with van der Waals surface area (Å²) in [5.41, 5.74) is 6.58. The highest BCUT2D eigenvalue weighted by molar-refractivity contribution is 5.67. The largest absolute Gasteiger partial charge is 0.494 e. The molecule has 1 unspecified atom stereocenters. The molecule has 0 amide bonds. The standard InChI is InChI=1S/C14H21NO3/c1-10(2)7-8-18-12-5-3-11(4-6-12)13(15)9-14(16)17/h3-6,10,13H,7-9,15H2,1-2H3,(H,16,17). The van der Waals surface area contributed by atoms with Crippen LogP contribution in [0.3, 0.4) is 0 Å². The van der Waals surface area contributed by atoms with E-state index in [1.54, 1.807) is 0 Å². The Hall–Kier alpha value is -1.55. The van der Waals surface area contributed by atoms with Crippen molar-refractivity contribution in [3.05, 3.63) is 29.8 Å². The molecule has 1 aromatic rings. The normalized spacial score (nSPS) is 12.4. The van der Waals surface area contributed by atoms with Gasteiger partial charge in [0, 0.05) is 6.04 Å². The number of benzene rings is 1. The lowest BCUT2D eigenvalue weighted by molar-refractivity contribution is -0.137. The fourth-order valence-corrected chi connectivity index (χ4v) is 1.53. The molecule has 1 atom stereocenters. The fourth-order valence-electron chi connectivity index (χ4n) is 1.53. The van der Waals surface area contributed by atoms with E-state index in [9.17, 15) is 4.79 Å². The molecular formula is C14H21NO3. The van der Waals surface area contributed by atoms with Gasteiger partial charge in [0.05, 0.1) is 13.0 Å². The Labute approximate surface area is 108 Å². The number of carboxylic acid groups (broad SMARTS) is 1. The van der Waals surface area contributed by atoms with Crippen LogP contribution in [-0.4, -0.2) is 17.7 Å². The summed E-state index contributed by atoms with van der Waals surface area (Å²) in [7, 11) is 0. The average Bonchev–Trinajstić information content (AvgIpc) is 2.28. The quantitative estimate of drug-likeness (QED) is 0.781. The molecule has 0 aliphatic heterocycles. The Balaban J connectivity index is 2.49. The SMILES string of the molecule is CC(C)CCOc1ccc(C(N)CC(=O)O)cc1. The molecule has 4 heteroatoms. The fraction of sp³-hybridized carbons (Fsp3) is 0.500. The third kappa shape index (κ3) is 5.19. The number of carbonyl (C=O) groups is 1. The first-order valence-corrected chi connectivity index (χ1v) is 6.19. The van der Waals surface area contributed by atoms with E-state index in [2.05, 4.69) is 13.8 Å². The van der Waals surface area contributed by atoms with Crippen LogP contribution in [0.5, 0.6) is 5.75 Å². The van der Waals surface area contributed by atoms with E-state index < -0.39 is 12.0 Å². The van der Waals surface area contributed by atoms with Crippen molar-refractivity contribution in [3.63, 3.8) is 0 Å². The maximum absolute atomic E-state index is 10.6. The highest BCUT2D eigenvalue weighted by atomic mass is 16.5. The van der Waals surface area contributed by atoms with E-state index in [-0.39, 0.29) is 6.42 Å². The van der Waals surface area contributed by atoms with Gasteiger partial charge in [0.25, 0.3) is 0 Å². The van der Waals surface area contributed by atoms with E-state index >= 15 is 0 Å². The lowest BCUT2D eigenvalue weighted by Gasteiger charge is -2.11. The zero-order valence-corrected chi connectivity index (χ0v) is 10.9. The number of nitrogens with two attached hydrogens (primary N) is 1. The van der Waals surface area contributed by atoms with Gasteiger partial charge in [-0.1, -0.05) is 26.0 Å². The van der Waals surface area contributed by atoms with E-state index in [0.29, 0.717) is 12.5 Å². The molecule has 1 rings (SSSR count). The van der Waals surface area contributed by atoms with Gasteiger partial charge in [0.2, 0.25) is 0 Å². The molecule has 4 nitrogen and oxygen atoms in total. The summed E-state index contributed by atoms with van der Waals surface area (Å²) in [6, 6.07) is 6.83. The molecular weight excluding hydrogens is 230 g/mol. The molecule has 18 heavy (non-hydrogen) atoms. The Bertz CT molecular complexity index is 373.